The smallest absolute Gasteiger partial charge is 0.303 e. The topological polar surface area (TPSA) is 238 Å². The van der Waals surface area contributed by atoms with Gasteiger partial charge in [0, 0.05) is 19.3 Å². The largest absolute Gasteiger partial charge is 0.481 e. The number of rotatable bonds is 20. The first kappa shape index (κ1) is 48.5. The minimum atomic E-state index is -0.869. The number of hydrazine groups is 1. The number of aliphatic carboxylic acids is 1. The molecule has 262 valence electrons. The molecule has 0 aliphatic rings. The van der Waals surface area contributed by atoms with E-state index in [1.807, 2.05) is 12.5 Å². The number of nitrogens with one attached hydrogen (secondary N) is 6. The highest BCUT2D eigenvalue weighted by Crippen LogP contribution is 1.99. The third kappa shape index (κ3) is 31.9. The maximum absolute atomic E-state index is 11.0. The Kier molecular flexibility index (Phi) is 34.6. The fourth-order valence-corrected chi connectivity index (χ4v) is 3.57. The lowest BCUT2D eigenvalue weighted by Gasteiger charge is -2.11. The van der Waals surface area contributed by atoms with E-state index in [0.29, 0.717) is 25.7 Å². The highest BCUT2D eigenvalue weighted by Gasteiger charge is 2.14. The second-order valence-corrected chi connectivity index (χ2v) is 9.95. The van der Waals surface area contributed by atoms with Crippen LogP contribution in [0, 0.1) is 0 Å². The van der Waals surface area contributed by atoms with E-state index in [1.165, 1.54) is 27.0 Å². The second kappa shape index (κ2) is 32.0. The molecule has 0 aromatic rings. The predicted molar refractivity (Wildman–Crippen MR) is 175 cm³/mol. The first-order valence-corrected chi connectivity index (χ1v) is 14.8. The van der Waals surface area contributed by atoms with Gasteiger partial charge in [0.1, 0.15) is 23.1 Å². The van der Waals surface area contributed by atoms with Crippen LogP contribution in [-0.2, 0) is 33.6 Å². The van der Waals surface area contributed by atoms with Crippen LogP contribution in [0.2, 0.25) is 0 Å². The van der Waals surface area contributed by atoms with Gasteiger partial charge in [-0.05, 0) is 87.8 Å². The first-order chi connectivity index (χ1) is 21.0. The van der Waals surface area contributed by atoms with Crippen LogP contribution in [-0.4, -0.2) is 98.4 Å². The molecule has 0 aromatic heterocycles. The van der Waals surface area contributed by atoms with Gasteiger partial charge in [-0.2, -0.15) is 0 Å². The maximum atomic E-state index is 11.0. The zero-order chi connectivity index (χ0) is 36.0. The number of likely N-dealkylation sites (N-methyl/N-ethyl adjacent to an activating group) is 4. The molecule has 15 nitrogen and oxygen atoms in total. The number of amides is 2. The number of ketones is 4. The van der Waals surface area contributed by atoms with Gasteiger partial charge in [-0.1, -0.05) is 19.9 Å². The van der Waals surface area contributed by atoms with Gasteiger partial charge in [0.25, 0.3) is 0 Å². The van der Waals surface area contributed by atoms with Crippen molar-refractivity contribution >= 4 is 40.9 Å². The van der Waals surface area contributed by atoms with Crippen molar-refractivity contribution in [1.29, 1.82) is 0 Å². The van der Waals surface area contributed by atoms with E-state index in [2.05, 4.69) is 40.1 Å². The number of carboxylic acids is 1. The molecule has 0 aromatic carbocycles. The molecular weight excluding hydrogens is 586 g/mol. The summed E-state index contributed by atoms with van der Waals surface area (Å²) in [6.07, 6.45) is 5.34. The molecule has 15 heteroatoms. The second-order valence-electron chi connectivity index (χ2n) is 9.95. The molecular formula is C30H59N7O8. The SMILES string of the molecule is C=CNC(=O)CCC(NC)C(C)=O.CCCC(NC)C(C)=O.CNC(CCC(=O)NN)C(C)=O.CNC(CCC(=O)O)C(C)=O. The van der Waals surface area contributed by atoms with Gasteiger partial charge in [-0.3, -0.25) is 39.0 Å². The number of hydrogen-bond donors (Lipinski definition) is 8. The number of Topliss-reactive ketones (excluding diaryl/α,β-unsaturated/α-hetero) is 4. The van der Waals surface area contributed by atoms with Gasteiger partial charge in [0.15, 0.2) is 0 Å². The van der Waals surface area contributed by atoms with Crippen LogP contribution < -0.4 is 37.9 Å². The van der Waals surface area contributed by atoms with E-state index < -0.39 is 5.97 Å². The molecule has 2 amide bonds. The average Bonchev–Trinajstić information content (AvgIpc) is 2.97. The fraction of sp³-hybridized carbons (Fsp3) is 0.700. The Balaban J connectivity index is -0.000000251. The fourth-order valence-electron chi connectivity index (χ4n) is 3.57. The summed E-state index contributed by atoms with van der Waals surface area (Å²) >= 11 is 0. The van der Waals surface area contributed by atoms with Gasteiger partial charge in [0.2, 0.25) is 11.8 Å². The zero-order valence-electron chi connectivity index (χ0n) is 28.6. The van der Waals surface area contributed by atoms with Gasteiger partial charge in [0.05, 0.1) is 24.2 Å². The van der Waals surface area contributed by atoms with Gasteiger partial charge in [-0.15, -0.1) is 0 Å². The minimum absolute atomic E-state index is 0.0197. The summed E-state index contributed by atoms with van der Waals surface area (Å²) in [5, 5.41) is 22.1. The lowest BCUT2D eigenvalue weighted by molar-refractivity contribution is -0.137. The number of carbonyl (C=O) groups excluding carboxylic acids is 6. The van der Waals surface area contributed by atoms with E-state index in [0.717, 1.165) is 12.8 Å². The van der Waals surface area contributed by atoms with Crippen molar-refractivity contribution in [2.45, 2.75) is 110 Å². The van der Waals surface area contributed by atoms with Crippen LogP contribution in [0.15, 0.2) is 12.8 Å². The first-order valence-electron chi connectivity index (χ1n) is 14.8. The Morgan fingerprint density at radius 2 is 0.933 bits per heavy atom. The van der Waals surface area contributed by atoms with Crippen LogP contribution in [0.25, 0.3) is 0 Å². The van der Waals surface area contributed by atoms with Crippen LogP contribution in [0.5, 0.6) is 0 Å². The van der Waals surface area contributed by atoms with E-state index in [-0.39, 0.29) is 72.0 Å². The summed E-state index contributed by atoms with van der Waals surface area (Å²) in [6, 6.07) is -0.709. The van der Waals surface area contributed by atoms with Gasteiger partial charge < -0.3 is 31.7 Å². The standard InChI is InChI=1S/C9H16N2O2.C7H15N3O2.C7H13NO3.C7H15NO/c1-4-11-9(13)6-5-8(10-3)7(2)12;1-5(11)6(9-2)3-4-7(12)10-8;1-5(9)6(8-2)3-4-7(10)11;1-4-5-7(8-3)6(2)9/h4,8,10H,1,5-6H2,2-3H3,(H,11,13);6,9H,3-4,8H2,1-2H3,(H,10,12);6,8H,3-4H2,1-2H3,(H,10,11);7-8H,4-5H2,1-3H3. The quantitative estimate of drug-likeness (QED) is 0.0500. The van der Waals surface area contributed by atoms with Crippen LogP contribution in [0.3, 0.4) is 0 Å². The van der Waals surface area contributed by atoms with Crippen LogP contribution in [0.4, 0.5) is 0 Å². The van der Waals surface area contributed by atoms with Crippen molar-refractivity contribution in [2.24, 2.45) is 5.84 Å². The van der Waals surface area contributed by atoms with E-state index in [4.69, 9.17) is 10.9 Å². The molecule has 0 radical (unpaired) electrons. The lowest BCUT2D eigenvalue weighted by atomic mass is 10.1. The average molecular weight is 646 g/mol. The van der Waals surface area contributed by atoms with Crippen molar-refractivity contribution in [2.75, 3.05) is 28.2 Å². The summed E-state index contributed by atoms with van der Waals surface area (Å²) < 4.78 is 0. The highest BCUT2D eigenvalue weighted by molar-refractivity contribution is 5.84. The summed E-state index contributed by atoms with van der Waals surface area (Å²) in [5.41, 5.74) is 2.01. The molecule has 0 heterocycles. The monoisotopic (exact) mass is 645 g/mol. The van der Waals surface area contributed by atoms with Crippen molar-refractivity contribution in [1.82, 2.24) is 32.0 Å². The predicted octanol–water partition coefficient (Wildman–Crippen LogP) is 0.129. The Labute approximate surface area is 268 Å². The summed E-state index contributed by atoms with van der Waals surface area (Å²) in [4.78, 5) is 75.0. The minimum Gasteiger partial charge on any atom is -0.481 e. The summed E-state index contributed by atoms with van der Waals surface area (Å²) in [5.74, 6) is 3.93. The normalized spacial score (nSPS) is 12.4. The molecule has 4 unspecified atom stereocenters. The molecule has 0 spiro atoms. The molecule has 4 atom stereocenters. The number of hydrogen-bond acceptors (Lipinski definition) is 12. The highest BCUT2D eigenvalue weighted by atomic mass is 16.4. The zero-order valence-corrected chi connectivity index (χ0v) is 28.6. The number of carboxylic acid groups (broad SMARTS) is 1. The maximum Gasteiger partial charge on any atom is 0.303 e. The lowest BCUT2D eigenvalue weighted by Crippen LogP contribution is -2.35. The number of nitrogens with two attached hydrogens (primary N) is 1. The molecule has 0 rings (SSSR count). The molecule has 45 heavy (non-hydrogen) atoms. The summed E-state index contributed by atoms with van der Waals surface area (Å²) in [7, 11) is 6.86. The molecule has 0 bridgehead atoms. The van der Waals surface area contributed by atoms with Gasteiger partial charge in [-0.25, -0.2) is 5.84 Å². The van der Waals surface area contributed by atoms with Crippen molar-refractivity contribution in [3.8, 4) is 0 Å². The third-order valence-electron chi connectivity index (χ3n) is 6.33. The molecule has 0 aliphatic heterocycles. The molecule has 0 aliphatic carbocycles. The Morgan fingerprint density at radius 3 is 1.16 bits per heavy atom. The molecule has 0 saturated heterocycles. The van der Waals surface area contributed by atoms with Crippen LogP contribution in [0.1, 0.15) is 86.0 Å². The summed E-state index contributed by atoms with van der Waals surface area (Å²) in [6.45, 7) is 11.5. The van der Waals surface area contributed by atoms with Gasteiger partial charge >= 0.3 is 5.97 Å². The third-order valence-corrected chi connectivity index (χ3v) is 6.33. The van der Waals surface area contributed by atoms with Crippen molar-refractivity contribution in [3.05, 3.63) is 12.8 Å². The molecule has 0 fully saturated rings. The Morgan fingerprint density at radius 1 is 0.622 bits per heavy atom. The number of carbonyl (C=O) groups is 7. The van der Waals surface area contributed by atoms with E-state index >= 15 is 0 Å². The molecule has 9 N–H and O–H groups in total. The Hall–Kier alpha value is -3.37. The van der Waals surface area contributed by atoms with Crippen molar-refractivity contribution < 1.29 is 38.7 Å². The van der Waals surface area contributed by atoms with E-state index in [1.54, 1.807) is 28.1 Å². The Bertz CT molecular complexity index is 900. The van der Waals surface area contributed by atoms with E-state index in [9.17, 15) is 33.6 Å². The van der Waals surface area contributed by atoms with Crippen LogP contribution >= 0.6 is 0 Å². The molecule has 0 saturated carbocycles. The van der Waals surface area contributed by atoms with Crippen molar-refractivity contribution in [3.63, 3.8) is 0 Å².